The minimum absolute atomic E-state index is 0.200. The first-order valence-corrected chi connectivity index (χ1v) is 6.36. The predicted molar refractivity (Wildman–Crippen MR) is 66.5 cm³/mol. The summed E-state index contributed by atoms with van der Waals surface area (Å²) in [6, 6.07) is 4.80. The van der Waals surface area contributed by atoms with Gasteiger partial charge in [-0.05, 0) is 42.9 Å². The molecular weight excluding hydrogens is 241 g/mol. The Hall–Kier alpha value is -0.640. The Morgan fingerprint density at radius 2 is 2.24 bits per heavy atom. The zero-order chi connectivity index (χ0) is 12.3. The molecule has 0 heterocycles. The van der Waals surface area contributed by atoms with Crippen molar-refractivity contribution in [1.29, 1.82) is 0 Å². The summed E-state index contributed by atoms with van der Waals surface area (Å²) in [5, 5.41) is 12.8. The fourth-order valence-electron chi connectivity index (χ4n) is 2.05. The van der Waals surface area contributed by atoms with Crippen molar-refractivity contribution in [3.8, 4) is 0 Å². The normalized spacial score (nSPS) is 17.1. The second-order valence-electron chi connectivity index (χ2n) is 4.57. The van der Waals surface area contributed by atoms with E-state index in [9.17, 15) is 4.39 Å². The highest BCUT2D eigenvalue weighted by Gasteiger charge is 2.30. The molecule has 0 aliphatic heterocycles. The Morgan fingerprint density at radius 3 is 2.82 bits per heavy atom. The van der Waals surface area contributed by atoms with E-state index in [1.54, 1.807) is 6.07 Å². The zero-order valence-corrected chi connectivity index (χ0v) is 10.4. The van der Waals surface area contributed by atoms with Gasteiger partial charge in [-0.3, -0.25) is 0 Å². The van der Waals surface area contributed by atoms with E-state index in [0.717, 1.165) is 12.0 Å². The average Bonchev–Trinajstić information content (AvgIpc) is 3.10. The van der Waals surface area contributed by atoms with E-state index in [4.69, 9.17) is 16.7 Å². The summed E-state index contributed by atoms with van der Waals surface area (Å²) >= 11 is 5.96. The number of aliphatic hydroxyl groups is 1. The average molecular weight is 258 g/mol. The molecule has 1 saturated carbocycles. The van der Waals surface area contributed by atoms with E-state index < -0.39 is 0 Å². The molecule has 2 rings (SSSR count). The molecule has 1 aromatic rings. The van der Waals surface area contributed by atoms with E-state index in [0.29, 0.717) is 23.5 Å². The van der Waals surface area contributed by atoms with Crippen molar-refractivity contribution < 1.29 is 9.50 Å². The second-order valence-corrected chi connectivity index (χ2v) is 4.98. The van der Waals surface area contributed by atoms with Crippen molar-refractivity contribution in [1.82, 2.24) is 5.32 Å². The van der Waals surface area contributed by atoms with E-state index in [2.05, 4.69) is 5.32 Å². The van der Waals surface area contributed by atoms with E-state index in [-0.39, 0.29) is 12.4 Å². The molecule has 1 atom stereocenters. The molecule has 0 spiro atoms. The SMILES string of the molecule is OCC[C@H](NCc1ccc(F)cc1Cl)C1CC1. The van der Waals surface area contributed by atoms with Crippen LogP contribution in [0.3, 0.4) is 0 Å². The smallest absolute Gasteiger partial charge is 0.124 e. The van der Waals surface area contributed by atoms with Crippen molar-refractivity contribution in [2.24, 2.45) is 5.92 Å². The predicted octanol–water partition coefficient (Wildman–Crippen LogP) is 2.73. The number of nitrogens with one attached hydrogen (secondary N) is 1. The van der Waals surface area contributed by atoms with E-state index >= 15 is 0 Å². The maximum Gasteiger partial charge on any atom is 0.124 e. The first-order chi connectivity index (χ1) is 8.20. The van der Waals surface area contributed by atoms with Crippen molar-refractivity contribution in [3.05, 3.63) is 34.6 Å². The summed E-state index contributed by atoms with van der Waals surface area (Å²) in [7, 11) is 0. The van der Waals surface area contributed by atoms with Gasteiger partial charge in [0.05, 0.1) is 0 Å². The monoisotopic (exact) mass is 257 g/mol. The fraction of sp³-hybridized carbons (Fsp3) is 0.538. The highest BCUT2D eigenvalue weighted by molar-refractivity contribution is 6.31. The number of benzene rings is 1. The summed E-state index contributed by atoms with van der Waals surface area (Å²) in [6.07, 6.45) is 3.23. The van der Waals surface area contributed by atoms with Crippen molar-refractivity contribution in [2.75, 3.05) is 6.61 Å². The first-order valence-electron chi connectivity index (χ1n) is 5.99. The molecule has 4 heteroatoms. The molecular formula is C13H17ClFNO. The number of rotatable bonds is 6. The van der Waals surface area contributed by atoms with Crippen LogP contribution >= 0.6 is 11.6 Å². The van der Waals surface area contributed by atoms with Crippen LogP contribution in [0.1, 0.15) is 24.8 Å². The Balaban J connectivity index is 1.91. The molecule has 0 saturated heterocycles. The summed E-state index contributed by atoms with van der Waals surface area (Å²) in [4.78, 5) is 0. The van der Waals surface area contributed by atoms with Gasteiger partial charge in [0.15, 0.2) is 0 Å². The van der Waals surface area contributed by atoms with E-state index in [1.807, 2.05) is 0 Å². The Labute approximate surface area is 106 Å². The molecule has 2 nitrogen and oxygen atoms in total. The molecule has 1 aromatic carbocycles. The molecule has 1 aliphatic rings. The first kappa shape index (κ1) is 12.8. The van der Waals surface area contributed by atoms with Gasteiger partial charge in [0.25, 0.3) is 0 Å². The lowest BCUT2D eigenvalue weighted by atomic mass is 10.1. The lowest BCUT2D eigenvalue weighted by Crippen LogP contribution is -2.31. The van der Waals surface area contributed by atoms with Crippen LogP contribution in [0.5, 0.6) is 0 Å². The van der Waals surface area contributed by atoms with Gasteiger partial charge < -0.3 is 10.4 Å². The van der Waals surface area contributed by atoms with Crippen LogP contribution in [0.25, 0.3) is 0 Å². The highest BCUT2D eigenvalue weighted by Crippen LogP contribution is 2.34. The van der Waals surface area contributed by atoms with Crippen LogP contribution in [0.15, 0.2) is 18.2 Å². The van der Waals surface area contributed by atoms with Crippen LogP contribution in [0.4, 0.5) is 4.39 Å². The summed E-state index contributed by atoms with van der Waals surface area (Å²) < 4.78 is 12.9. The Morgan fingerprint density at radius 1 is 1.47 bits per heavy atom. The largest absolute Gasteiger partial charge is 0.396 e. The standard InChI is InChI=1S/C13H17ClFNO/c14-12-7-11(15)4-3-10(12)8-16-13(5-6-17)9-1-2-9/h3-4,7,9,13,16-17H,1-2,5-6,8H2/t13-/m0/s1. The van der Waals surface area contributed by atoms with Gasteiger partial charge in [0, 0.05) is 24.2 Å². The lowest BCUT2D eigenvalue weighted by Gasteiger charge is -2.17. The summed E-state index contributed by atoms with van der Waals surface area (Å²) in [5.41, 5.74) is 0.900. The van der Waals surface area contributed by atoms with Gasteiger partial charge in [-0.1, -0.05) is 17.7 Å². The topological polar surface area (TPSA) is 32.3 Å². The van der Waals surface area contributed by atoms with Crippen LogP contribution < -0.4 is 5.32 Å². The third-order valence-electron chi connectivity index (χ3n) is 3.20. The molecule has 17 heavy (non-hydrogen) atoms. The molecule has 0 amide bonds. The Bertz CT molecular complexity index is 382. The molecule has 2 N–H and O–H groups in total. The zero-order valence-electron chi connectivity index (χ0n) is 9.63. The van der Waals surface area contributed by atoms with Crippen molar-refractivity contribution in [2.45, 2.75) is 31.8 Å². The van der Waals surface area contributed by atoms with Gasteiger partial charge in [0.2, 0.25) is 0 Å². The highest BCUT2D eigenvalue weighted by atomic mass is 35.5. The molecule has 1 aliphatic carbocycles. The maximum absolute atomic E-state index is 12.9. The van der Waals surface area contributed by atoms with Gasteiger partial charge in [0.1, 0.15) is 5.82 Å². The van der Waals surface area contributed by atoms with E-state index in [1.165, 1.54) is 25.0 Å². The van der Waals surface area contributed by atoms with Gasteiger partial charge in [-0.2, -0.15) is 0 Å². The lowest BCUT2D eigenvalue weighted by molar-refractivity contribution is 0.256. The minimum Gasteiger partial charge on any atom is -0.396 e. The second kappa shape index (κ2) is 5.80. The summed E-state index contributed by atoms with van der Waals surface area (Å²) in [6.45, 7) is 0.825. The van der Waals surface area contributed by atoms with Crippen LogP contribution in [0, 0.1) is 11.7 Å². The van der Waals surface area contributed by atoms with Crippen molar-refractivity contribution >= 4 is 11.6 Å². The number of halogens is 2. The summed E-state index contributed by atoms with van der Waals surface area (Å²) in [5.74, 6) is 0.370. The van der Waals surface area contributed by atoms with Gasteiger partial charge in [-0.15, -0.1) is 0 Å². The molecule has 0 radical (unpaired) electrons. The molecule has 1 fully saturated rings. The number of aliphatic hydroxyl groups excluding tert-OH is 1. The number of hydrogen-bond donors (Lipinski definition) is 2. The third-order valence-corrected chi connectivity index (χ3v) is 3.55. The molecule has 0 aromatic heterocycles. The molecule has 0 bridgehead atoms. The Kier molecular flexibility index (Phi) is 4.37. The van der Waals surface area contributed by atoms with Gasteiger partial charge >= 0.3 is 0 Å². The van der Waals surface area contributed by atoms with Gasteiger partial charge in [-0.25, -0.2) is 4.39 Å². The minimum atomic E-state index is -0.312. The fourth-order valence-corrected chi connectivity index (χ4v) is 2.28. The number of hydrogen-bond acceptors (Lipinski definition) is 2. The molecule has 94 valence electrons. The third kappa shape index (κ3) is 3.66. The van der Waals surface area contributed by atoms with Crippen LogP contribution in [0.2, 0.25) is 5.02 Å². The van der Waals surface area contributed by atoms with Crippen LogP contribution in [-0.2, 0) is 6.54 Å². The van der Waals surface area contributed by atoms with Crippen LogP contribution in [-0.4, -0.2) is 17.8 Å². The maximum atomic E-state index is 12.9. The molecule has 0 unspecified atom stereocenters. The quantitative estimate of drug-likeness (QED) is 0.821. The van der Waals surface area contributed by atoms with Crippen molar-refractivity contribution in [3.63, 3.8) is 0 Å².